The molecule has 4 nitrogen and oxygen atoms in total. The van der Waals surface area contributed by atoms with E-state index in [1.165, 1.54) is 11.3 Å². The molecule has 0 saturated heterocycles. The highest BCUT2D eigenvalue weighted by atomic mass is 35.5. The third kappa shape index (κ3) is 3.53. The van der Waals surface area contributed by atoms with Crippen LogP contribution in [0, 0.1) is 6.92 Å². The third-order valence-electron chi connectivity index (χ3n) is 4.78. The van der Waals surface area contributed by atoms with Gasteiger partial charge in [-0.2, -0.15) is 0 Å². The van der Waals surface area contributed by atoms with Gasteiger partial charge >= 0.3 is 5.97 Å². The summed E-state index contributed by atoms with van der Waals surface area (Å²) in [6.07, 6.45) is 1.96. The van der Waals surface area contributed by atoms with Crippen molar-refractivity contribution in [1.29, 1.82) is 0 Å². The van der Waals surface area contributed by atoms with Gasteiger partial charge in [0, 0.05) is 22.2 Å². The molecule has 0 aliphatic carbocycles. The standard InChI is InChI=1S/C23H20ClNO3S2/c1-4-28-22(27)17-16-12-13(3)10-11-25(16)19-18(17)21(30-23(19)29-5-2)20(26)14-6-8-15(24)9-7-14/h6-12H,4-5H2,1-3H3. The van der Waals surface area contributed by atoms with E-state index < -0.39 is 5.97 Å². The highest BCUT2D eigenvalue weighted by molar-refractivity contribution is 8.01. The summed E-state index contributed by atoms with van der Waals surface area (Å²) in [5, 5.41) is 1.24. The summed E-state index contributed by atoms with van der Waals surface area (Å²) in [5.41, 5.74) is 3.67. The predicted octanol–water partition coefficient (Wildman–Crippen LogP) is 6.64. The van der Waals surface area contributed by atoms with Crippen LogP contribution >= 0.6 is 34.7 Å². The largest absolute Gasteiger partial charge is 0.462 e. The van der Waals surface area contributed by atoms with Crippen molar-refractivity contribution in [2.24, 2.45) is 0 Å². The Kier molecular flexibility index (Phi) is 5.91. The van der Waals surface area contributed by atoms with Crippen LogP contribution in [0.25, 0.3) is 16.4 Å². The number of rotatable bonds is 6. The number of hydrogen-bond donors (Lipinski definition) is 0. The maximum Gasteiger partial charge on any atom is 0.341 e. The Bertz CT molecular complexity index is 1270. The van der Waals surface area contributed by atoms with Gasteiger partial charge in [-0.05, 0) is 61.6 Å². The van der Waals surface area contributed by atoms with Gasteiger partial charge in [-0.15, -0.1) is 23.1 Å². The summed E-state index contributed by atoms with van der Waals surface area (Å²) in [6, 6.07) is 10.8. The van der Waals surface area contributed by atoms with E-state index in [1.807, 2.05) is 29.7 Å². The van der Waals surface area contributed by atoms with Crippen molar-refractivity contribution in [3.8, 4) is 0 Å². The molecule has 0 saturated carbocycles. The van der Waals surface area contributed by atoms with Gasteiger partial charge in [0.05, 0.1) is 32.3 Å². The number of fused-ring (bicyclic) bond motifs is 3. The molecule has 0 unspecified atom stereocenters. The first-order chi connectivity index (χ1) is 14.5. The third-order valence-corrected chi connectivity index (χ3v) is 7.35. The van der Waals surface area contributed by atoms with Gasteiger partial charge in [-0.3, -0.25) is 4.79 Å². The molecule has 0 fully saturated rings. The SMILES string of the molecule is CCOC(=O)c1c2c(C(=O)c3ccc(Cl)cc3)sc(SCC)c2n2ccc(C)cc12. The van der Waals surface area contributed by atoms with Crippen molar-refractivity contribution >= 4 is 62.9 Å². The Hall–Kier alpha value is -2.28. The molecule has 7 heteroatoms. The molecule has 30 heavy (non-hydrogen) atoms. The van der Waals surface area contributed by atoms with Crippen molar-refractivity contribution in [2.45, 2.75) is 25.0 Å². The average molecular weight is 458 g/mol. The molecule has 1 aromatic carbocycles. The second-order valence-electron chi connectivity index (χ2n) is 6.77. The van der Waals surface area contributed by atoms with Crippen molar-refractivity contribution in [3.05, 3.63) is 69.2 Å². The van der Waals surface area contributed by atoms with E-state index in [9.17, 15) is 9.59 Å². The number of carbonyl (C=O) groups excluding carboxylic acids is 2. The predicted molar refractivity (Wildman–Crippen MR) is 125 cm³/mol. The molecule has 0 aliphatic heterocycles. The smallest absolute Gasteiger partial charge is 0.341 e. The highest BCUT2D eigenvalue weighted by Crippen LogP contribution is 2.44. The maximum atomic E-state index is 13.5. The lowest BCUT2D eigenvalue weighted by molar-refractivity contribution is 0.0531. The Labute approximate surface area is 187 Å². The van der Waals surface area contributed by atoms with Crippen molar-refractivity contribution in [2.75, 3.05) is 12.4 Å². The van der Waals surface area contributed by atoms with Crippen LogP contribution in [-0.4, -0.2) is 28.5 Å². The zero-order chi connectivity index (χ0) is 21.4. The fourth-order valence-electron chi connectivity index (χ4n) is 3.50. The first kappa shape index (κ1) is 21.0. The van der Waals surface area contributed by atoms with E-state index in [0.29, 0.717) is 26.4 Å². The number of nitrogens with zero attached hydrogens (tertiary/aromatic N) is 1. The minimum Gasteiger partial charge on any atom is -0.462 e. The lowest BCUT2D eigenvalue weighted by Gasteiger charge is -2.05. The summed E-state index contributed by atoms with van der Waals surface area (Å²) >= 11 is 9.10. The van der Waals surface area contributed by atoms with E-state index in [4.69, 9.17) is 16.3 Å². The lowest BCUT2D eigenvalue weighted by atomic mass is 10.1. The van der Waals surface area contributed by atoms with Gasteiger partial charge in [-0.25, -0.2) is 4.79 Å². The number of aryl methyl sites for hydroxylation is 1. The summed E-state index contributed by atoms with van der Waals surface area (Å²) in [5.74, 6) is 0.326. The molecule has 4 aromatic rings. The summed E-state index contributed by atoms with van der Waals surface area (Å²) in [7, 11) is 0. The first-order valence-electron chi connectivity index (χ1n) is 9.63. The molecule has 0 N–H and O–H groups in total. The molecule has 0 atom stereocenters. The minimum absolute atomic E-state index is 0.122. The fraction of sp³-hybridized carbons (Fsp3) is 0.217. The van der Waals surface area contributed by atoms with Crippen molar-refractivity contribution < 1.29 is 14.3 Å². The second-order valence-corrected chi connectivity index (χ2v) is 9.76. The molecule has 0 radical (unpaired) electrons. The zero-order valence-electron chi connectivity index (χ0n) is 16.8. The molecular formula is C23H20ClNO3S2. The molecule has 4 rings (SSSR count). The van der Waals surface area contributed by atoms with Crippen molar-refractivity contribution in [1.82, 2.24) is 4.40 Å². The molecule has 3 aromatic heterocycles. The zero-order valence-corrected chi connectivity index (χ0v) is 19.2. The Balaban J connectivity index is 2.07. The number of ether oxygens (including phenoxy) is 1. The van der Waals surface area contributed by atoms with Gasteiger partial charge < -0.3 is 9.14 Å². The lowest BCUT2D eigenvalue weighted by Crippen LogP contribution is -2.06. The van der Waals surface area contributed by atoms with Crippen molar-refractivity contribution in [3.63, 3.8) is 0 Å². The number of benzene rings is 1. The number of hydrogen-bond acceptors (Lipinski definition) is 5. The number of pyridine rings is 1. The molecule has 3 heterocycles. The summed E-state index contributed by atoms with van der Waals surface area (Å²) in [4.78, 5) is 27.0. The number of thioether (sulfide) groups is 1. The normalized spacial score (nSPS) is 11.3. The molecule has 0 bridgehead atoms. The van der Waals surface area contributed by atoms with E-state index in [1.54, 1.807) is 43.0 Å². The maximum absolute atomic E-state index is 13.5. The number of carbonyl (C=O) groups is 2. The van der Waals surface area contributed by atoms with Crippen LogP contribution < -0.4 is 0 Å². The minimum atomic E-state index is -0.411. The average Bonchev–Trinajstić information content (AvgIpc) is 3.24. The van der Waals surface area contributed by atoms with Crippen LogP contribution in [0.5, 0.6) is 0 Å². The Morgan fingerprint density at radius 2 is 1.90 bits per heavy atom. The van der Waals surface area contributed by atoms with E-state index in [-0.39, 0.29) is 12.4 Å². The van der Waals surface area contributed by atoms with Gasteiger partial charge in [0.25, 0.3) is 0 Å². The molecule has 154 valence electrons. The number of halogens is 1. The second kappa shape index (κ2) is 8.46. The van der Waals surface area contributed by atoms with Crippen LogP contribution in [0.1, 0.15) is 45.0 Å². The van der Waals surface area contributed by atoms with Gasteiger partial charge in [0.2, 0.25) is 5.78 Å². The fourth-order valence-corrected chi connectivity index (χ4v) is 6.06. The van der Waals surface area contributed by atoms with Crippen LogP contribution in [0.15, 0.2) is 46.8 Å². The van der Waals surface area contributed by atoms with E-state index in [2.05, 4.69) is 6.92 Å². The monoisotopic (exact) mass is 457 g/mol. The van der Waals surface area contributed by atoms with Crippen LogP contribution in [0.4, 0.5) is 0 Å². The topological polar surface area (TPSA) is 47.8 Å². The van der Waals surface area contributed by atoms with E-state index >= 15 is 0 Å². The first-order valence-corrected chi connectivity index (χ1v) is 11.8. The Morgan fingerprint density at radius 1 is 1.17 bits per heavy atom. The molecule has 0 amide bonds. The number of aromatic nitrogens is 1. The van der Waals surface area contributed by atoms with Crippen LogP contribution in [-0.2, 0) is 4.74 Å². The highest BCUT2D eigenvalue weighted by Gasteiger charge is 2.29. The van der Waals surface area contributed by atoms with Crippen LogP contribution in [0.2, 0.25) is 5.02 Å². The molecular weight excluding hydrogens is 438 g/mol. The van der Waals surface area contributed by atoms with Gasteiger partial charge in [-0.1, -0.05) is 18.5 Å². The summed E-state index contributed by atoms with van der Waals surface area (Å²) in [6.45, 7) is 6.11. The quantitative estimate of drug-likeness (QED) is 0.185. The number of ketones is 1. The van der Waals surface area contributed by atoms with Gasteiger partial charge in [0.1, 0.15) is 0 Å². The van der Waals surface area contributed by atoms with E-state index in [0.717, 1.165) is 26.6 Å². The number of thiophene rings is 1. The Morgan fingerprint density at radius 3 is 2.57 bits per heavy atom. The van der Waals surface area contributed by atoms with Crippen LogP contribution in [0.3, 0.4) is 0 Å². The number of esters is 1. The molecule has 0 aliphatic rings. The summed E-state index contributed by atoms with van der Waals surface area (Å²) < 4.78 is 8.40. The van der Waals surface area contributed by atoms with Gasteiger partial charge in [0.15, 0.2) is 0 Å². The molecule has 0 spiro atoms.